The van der Waals surface area contributed by atoms with E-state index in [1.165, 1.54) is 7.11 Å². The molecule has 0 aromatic carbocycles. The van der Waals surface area contributed by atoms with Gasteiger partial charge in [-0.25, -0.2) is 0 Å². The van der Waals surface area contributed by atoms with E-state index in [0.717, 1.165) is 32.6 Å². The van der Waals surface area contributed by atoms with Gasteiger partial charge in [-0.2, -0.15) is 0 Å². The van der Waals surface area contributed by atoms with Gasteiger partial charge in [0.1, 0.15) is 0 Å². The Morgan fingerprint density at radius 2 is 2.00 bits per heavy atom. The zero-order chi connectivity index (χ0) is 12.4. The maximum atomic E-state index is 11.1. The molecule has 0 heterocycles. The first kappa shape index (κ1) is 15.4. The third kappa shape index (κ3) is 6.80. The number of esters is 1. The van der Waals surface area contributed by atoms with Crippen LogP contribution in [0.25, 0.3) is 0 Å². The van der Waals surface area contributed by atoms with E-state index in [-0.39, 0.29) is 11.9 Å². The van der Waals surface area contributed by atoms with Crippen molar-refractivity contribution in [3.05, 3.63) is 0 Å². The second-order valence-corrected chi connectivity index (χ2v) is 4.01. The van der Waals surface area contributed by atoms with Gasteiger partial charge in [0, 0.05) is 6.54 Å². The predicted molar refractivity (Wildman–Crippen MR) is 66.5 cm³/mol. The molecule has 0 saturated carbocycles. The van der Waals surface area contributed by atoms with Crippen LogP contribution in [0.1, 0.15) is 27.2 Å². The Kier molecular flexibility index (Phi) is 9.24. The molecule has 0 aliphatic rings. The molecule has 0 unspecified atom stereocenters. The van der Waals surface area contributed by atoms with Crippen LogP contribution in [0, 0.1) is 5.92 Å². The van der Waals surface area contributed by atoms with Gasteiger partial charge in [-0.1, -0.05) is 20.8 Å². The number of hydrogen-bond donors (Lipinski definition) is 1. The van der Waals surface area contributed by atoms with Crippen molar-refractivity contribution in [3.8, 4) is 0 Å². The lowest BCUT2D eigenvalue weighted by molar-refractivity contribution is -0.144. The van der Waals surface area contributed by atoms with Crippen LogP contribution in [0.2, 0.25) is 0 Å². The molecule has 0 radical (unpaired) electrons. The lowest BCUT2D eigenvalue weighted by Crippen LogP contribution is -2.31. The molecule has 0 bridgehead atoms. The molecular formula is C12H26N2O2. The smallest absolute Gasteiger partial charge is 0.309 e. The quantitative estimate of drug-likeness (QED) is 0.476. The van der Waals surface area contributed by atoms with E-state index < -0.39 is 0 Å². The summed E-state index contributed by atoms with van der Waals surface area (Å²) in [7, 11) is 1.43. The van der Waals surface area contributed by atoms with E-state index in [1.807, 2.05) is 6.92 Å². The SMILES string of the molecule is CCN(CC)CCCNC[C@H](C)C(=O)OC. The van der Waals surface area contributed by atoms with Crippen molar-refractivity contribution in [2.75, 3.05) is 39.8 Å². The van der Waals surface area contributed by atoms with E-state index in [4.69, 9.17) is 0 Å². The lowest BCUT2D eigenvalue weighted by Gasteiger charge is -2.18. The summed E-state index contributed by atoms with van der Waals surface area (Å²) in [6.07, 6.45) is 1.12. The third-order valence-electron chi connectivity index (χ3n) is 2.78. The molecule has 0 fully saturated rings. The zero-order valence-corrected chi connectivity index (χ0v) is 11.1. The van der Waals surface area contributed by atoms with Crippen LogP contribution < -0.4 is 5.32 Å². The fraction of sp³-hybridized carbons (Fsp3) is 0.917. The van der Waals surface area contributed by atoms with Crippen LogP contribution in [0.15, 0.2) is 0 Å². The number of carbonyl (C=O) groups excluding carboxylic acids is 1. The summed E-state index contributed by atoms with van der Waals surface area (Å²) in [6, 6.07) is 0. The Labute approximate surface area is 99.3 Å². The van der Waals surface area contributed by atoms with Crippen molar-refractivity contribution in [1.29, 1.82) is 0 Å². The van der Waals surface area contributed by atoms with Gasteiger partial charge in [-0.05, 0) is 32.6 Å². The maximum absolute atomic E-state index is 11.1. The summed E-state index contributed by atoms with van der Waals surface area (Å²) in [4.78, 5) is 13.5. The normalized spacial score (nSPS) is 12.8. The first-order valence-corrected chi connectivity index (χ1v) is 6.16. The summed E-state index contributed by atoms with van der Waals surface area (Å²) < 4.78 is 4.65. The molecule has 0 aromatic rings. The van der Waals surface area contributed by atoms with Gasteiger partial charge in [0.2, 0.25) is 0 Å². The number of rotatable bonds is 9. The minimum absolute atomic E-state index is 0.0570. The van der Waals surface area contributed by atoms with Crippen LogP contribution in [0.4, 0.5) is 0 Å². The van der Waals surface area contributed by atoms with E-state index in [0.29, 0.717) is 6.54 Å². The minimum Gasteiger partial charge on any atom is -0.469 e. The largest absolute Gasteiger partial charge is 0.469 e. The molecular weight excluding hydrogens is 204 g/mol. The maximum Gasteiger partial charge on any atom is 0.309 e. The second-order valence-electron chi connectivity index (χ2n) is 4.01. The standard InChI is InChI=1S/C12H26N2O2/c1-5-14(6-2)9-7-8-13-10-11(3)12(15)16-4/h11,13H,5-10H2,1-4H3/t11-/m0/s1. The fourth-order valence-corrected chi connectivity index (χ4v) is 1.57. The first-order chi connectivity index (χ1) is 7.65. The van der Waals surface area contributed by atoms with E-state index in [2.05, 4.69) is 28.8 Å². The topological polar surface area (TPSA) is 41.6 Å². The fourth-order valence-electron chi connectivity index (χ4n) is 1.57. The highest BCUT2D eigenvalue weighted by molar-refractivity contribution is 5.71. The highest BCUT2D eigenvalue weighted by atomic mass is 16.5. The van der Waals surface area contributed by atoms with Gasteiger partial charge in [-0.15, -0.1) is 0 Å². The van der Waals surface area contributed by atoms with Crippen molar-refractivity contribution < 1.29 is 9.53 Å². The monoisotopic (exact) mass is 230 g/mol. The number of methoxy groups -OCH3 is 1. The van der Waals surface area contributed by atoms with Crippen molar-refractivity contribution in [3.63, 3.8) is 0 Å². The minimum atomic E-state index is -0.142. The molecule has 4 nitrogen and oxygen atoms in total. The number of nitrogens with zero attached hydrogens (tertiary/aromatic N) is 1. The van der Waals surface area contributed by atoms with Gasteiger partial charge in [0.25, 0.3) is 0 Å². The van der Waals surface area contributed by atoms with E-state index >= 15 is 0 Å². The number of carbonyl (C=O) groups is 1. The molecule has 16 heavy (non-hydrogen) atoms. The number of hydrogen-bond acceptors (Lipinski definition) is 4. The molecule has 96 valence electrons. The van der Waals surface area contributed by atoms with Crippen LogP contribution in [-0.4, -0.2) is 50.7 Å². The van der Waals surface area contributed by atoms with E-state index in [9.17, 15) is 4.79 Å². The van der Waals surface area contributed by atoms with Gasteiger partial charge in [-0.3, -0.25) is 4.79 Å². The molecule has 1 N–H and O–H groups in total. The van der Waals surface area contributed by atoms with Crippen molar-refractivity contribution >= 4 is 5.97 Å². The Hall–Kier alpha value is -0.610. The Morgan fingerprint density at radius 1 is 1.38 bits per heavy atom. The Morgan fingerprint density at radius 3 is 2.50 bits per heavy atom. The molecule has 0 aliphatic carbocycles. The summed E-state index contributed by atoms with van der Waals surface area (Å²) in [5.41, 5.74) is 0. The van der Waals surface area contributed by atoms with Gasteiger partial charge in [0.15, 0.2) is 0 Å². The Bertz CT molecular complexity index is 182. The summed E-state index contributed by atoms with van der Waals surface area (Å²) in [5, 5.41) is 3.28. The van der Waals surface area contributed by atoms with Gasteiger partial charge < -0.3 is 15.0 Å². The average molecular weight is 230 g/mol. The third-order valence-corrected chi connectivity index (χ3v) is 2.78. The molecule has 0 saturated heterocycles. The molecule has 4 heteroatoms. The zero-order valence-electron chi connectivity index (χ0n) is 11.1. The number of ether oxygens (including phenoxy) is 1. The summed E-state index contributed by atoms with van der Waals surface area (Å²) in [6.45, 7) is 11.2. The Balaban J connectivity index is 3.42. The number of nitrogens with one attached hydrogen (secondary N) is 1. The second kappa shape index (κ2) is 9.60. The van der Waals surface area contributed by atoms with Crippen LogP contribution in [-0.2, 0) is 9.53 Å². The van der Waals surface area contributed by atoms with Crippen molar-refractivity contribution in [2.45, 2.75) is 27.2 Å². The predicted octanol–water partition coefficient (Wildman–Crippen LogP) is 1.12. The van der Waals surface area contributed by atoms with Crippen LogP contribution in [0.5, 0.6) is 0 Å². The molecule has 0 amide bonds. The molecule has 0 spiro atoms. The van der Waals surface area contributed by atoms with Gasteiger partial charge in [0.05, 0.1) is 13.0 Å². The molecule has 0 aliphatic heterocycles. The first-order valence-electron chi connectivity index (χ1n) is 6.16. The highest BCUT2D eigenvalue weighted by Gasteiger charge is 2.11. The van der Waals surface area contributed by atoms with Gasteiger partial charge >= 0.3 is 5.97 Å². The molecule has 0 aromatic heterocycles. The van der Waals surface area contributed by atoms with Crippen LogP contribution in [0.3, 0.4) is 0 Å². The summed E-state index contributed by atoms with van der Waals surface area (Å²) in [5.74, 6) is -0.199. The lowest BCUT2D eigenvalue weighted by atomic mass is 10.2. The van der Waals surface area contributed by atoms with Crippen molar-refractivity contribution in [2.24, 2.45) is 5.92 Å². The molecule has 1 atom stereocenters. The van der Waals surface area contributed by atoms with Crippen molar-refractivity contribution in [1.82, 2.24) is 10.2 Å². The molecule has 0 rings (SSSR count). The average Bonchev–Trinajstić information content (AvgIpc) is 2.32. The van der Waals surface area contributed by atoms with Crippen LogP contribution >= 0.6 is 0 Å². The highest BCUT2D eigenvalue weighted by Crippen LogP contribution is 1.95. The summed E-state index contributed by atoms with van der Waals surface area (Å²) >= 11 is 0. The van der Waals surface area contributed by atoms with E-state index in [1.54, 1.807) is 0 Å².